The summed E-state index contributed by atoms with van der Waals surface area (Å²) in [5.41, 5.74) is 0.825. The van der Waals surface area contributed by atoms with E-state index in [1.165, 1.54) is 12.1 Å². The molecule has 2 nitrogen and oxygen atoms in total. The summed E-state index contributed by atoms with van der Waals surface area (Å²) in [6.45, 7) is 0.365. The first-order chi connectivity index (χ1) is 9.24. The Hall–Kier alpha value is -2.16. The number of ketones is 1. The molecular weight excluding hydrogens is 243 g/mol. The molecule has 0 saturated heterocycles. The lowest BCUT2D eigenvalue weighted by atomic mass is 10.1. The van der Waals surface area contributed by atoms with Gasteiger partial charge in [0.2, 0.25) is 0 Å². The van der Waals surface area contributed by atoms with Crippen LogP contribution in [0.1, 0.15) is 12.0 Å². The molecule has 0 bridgehead atoms. The second-order valence-electron chi connectivity index (χ2n) is 4.25. The van der Waals surface area contributed by atoms with Crippen LogP contribution in [0.4, 0.5) is 4.39 Å². The van der Waals surface area contributed by atoms with Crippen molar-refractivity contribution in [2.75, 3.05) is 6.61 Å². The van der Waals surface area contributed by atoms with Crippen molar-refractivity contribution < 1.29 is 13.9 Å². The molecule has 0 aromatic heterocycles. The van der Waals surface area contributed by atoms with E-state index in [4.69, 9.17) is 4.74 Å². The van der Waals surface area contributed by atoms with Crippen molar-refractivity contribution in [3.05, 3.63) is 66.0 Å². The zero-order chi connectivity index (χ0) is 13.5. The number of hydrogen-bond acceptors (Lipinski definition) is 2. The maximum Gasteiger partial charge on any atom is 0.140 e. The van der Waals surface area contributed by atoms with E-state index in [1.807, 2.05) is 30.3 Å². The number of carbonyl (C=O) groups is 1. The molecule has 2 rings (SSSR count). The van der Waals surface area contributed by atoms with E-state index >= 15 is 0 Å². The number of benzene rings is 2. The summed E-state index contributed by atoms with van der Waals surface area (Å²) in [7, 11) is 0. The number of carbonyl (C=O) groups excluding carboxylic acids is 1. The van der Waals surface area contributed by atoms with Crippen LogP contribution < -0.4 is 4.74 Å². The molecule has 0 unspecified atom stereocenters. The Morgan fingerprint density at radius 3 is 2.37 bits per heavy atom. The van der Waals surface area contributed by atoms with Crippen molar-refractivity contribution >= 4 is 5.78 Å². The standard InChI is InChI=1S/C16H15FO2/c17-14-8-6-13(7-9-14)12-15(18)10-11-19-16-4-2-1-3-5-16/h1-9H,10-12H2. The molecule has 0 spiro atoms. The molecule has 2 aromatic carbocycles. The number of rotatable bonds is 6. The number of Topliss-reactive ketones (excluding diaryl/α,β-unsaturated/α-hetero) is 1. The van der Waals surface area contributed by atoms with Gasteiger partial charge >= 0.3 is 0 Å². The molecule has 0 fully saturated rings. The van der Waals surface area contributed by atoms with Gasteiger partial charge in [0.05, 0.1) is 6.61 Å². The number of halogens is 1. The van der Waals surface area contributed by atoms with Crippen molar-refractivity contribution in [2.24, 2.45) is 0 Å². The Balaban J connectivity index is 1.74. The van der Waals surface area contributed by atoms with Gasteiger partial charge in [-0.25, -0.2) is 4.39 Å². The minimum absolute atomic E-state index is 0.0857. The third-order valence-electron chi connectivity index (χ3n) is 2.71. The zero-order valence-corrected chi connectivity index (χ0v) is 10.5. The normalized spacial score (nSPS) is 10.2. The van der Waals surface area contributed by atoms with E-state index in [2.05, 4.69) is 0 Å². The Bertz CT molecular complexity index is 520. The molecule has 19 heavy (non-hydrogen) atoms. The molecule has 0 aliphatic carbocycles. The van der Waals surface area contributed by atoms with Gasteiger partial charge in [0.25, 0.3) is 0 Å². The highest BCUT2D eigenvalue weighted by Gasteiger charge is 2.04. The van der Waals surface area contributed by atoms with Crippen LogP contribution in [0.15, 0.2) is 54.6 Å². The van der Waals surface area contributed by atoms with Gasteiger partial charge in [-0.15, -0.1) is 0 Å². The lowest BCUT2D eigenvalue weighted by molar-refractivity contribution is -0.118. The third-order valence-corrected chi connectivity index (χ3v) is 2.71. The highest BCUT2D eigenvalue weighted by atomic mass is 19.1. The molecule has 98 valence electrons. The van der Waals surface area contributed by atoms with E-state index < -0.39 is 0 Å². The maximum absolute atomic E-state index is 12.7. The molecule has 3 heteroatoms. The van der Waals surface area contributed by atoms with Crippen LogP contribution >= 0.6 is 0 Å². The van der Waals surface area contributed by atoms with Crippen molar-refractivity contribution in [3.8, 4) is 5.75 Å². The summed E-state index contributed by atoms with van der Waals surface area (Å²) in [6, 6.07) is 15.4. The molecule has 0 N–H and O–H groups in total. The van der Waals surface area contributed by atoms with Gasteiger partial charge in [0.15, 0.2) is 0 Å². The molecule has 0 saturated carbocycles. The molecule has 0 amide bonds. The summed E-state index contributed by atoms with van der Waals surface area (Å²) in [6.07, 6.45) is 0.671. The van der Waals surface area contributed by atoms with E-state index in [9.17, 15) is 9.18 Å². The predicted octanol–water partition coefficient (Wildman–Crippen LogP) is 3.41. The molecule has 0 aliphatic heterocycles. The van der Waals surface area contributed by atoms with Crippen molar-refractivity contribution in [1.29, 1.82) is 0 Å². The minimum Gasteiger partial charge on any atom is -0.493 e. The SMILES string of the molecule is O=C(CCOc1ccccc1)Cc1ccc(F)cc1. The summed E-state index contributed by atoms with van der Waals surface area (Å²) < 4.78 is 18.2. The molecule has 0 atom stereocenters. The Morgan fingerprint density at radius 1 is 1.00 bits per heavy atom. The first kappa shape index (κ1) is 13.3. The fourth-order valence-electron chi connectivity index (χ4n) is 1.72. The van der Waals surface area contributed by atoms with Crippen molar-refractivity contribution in [1.82, 2.24) is 0 Å². The Kier molecular flexibility index (Phi) is 4.67. The first-order valence-electron chi connectivity index (χ1n) is 6.18. The Labute approximate surface area is 111 Å². The lowest BCUT2D eigenvalue weighted by Crippen LogP contribution is -2.08. The summed E-state index contributed by atoms with van der Waals surface area (Å²) >= 11 is 0. The van der Waals surface area contributed by atoms with Crippen molar-refractivity contribution in [2.45, 2.75) is 12.8 Å². The second kappa shape index (κ2) is 6.69. The van der Waals surface area contributed by atoms with Crippen LogP contribution in [0.3, 0.4) is 0 Å². The van der Waals surface area contributed by atoms with Crippen molar-refractivity contribution in [3.63, 3.8) is 0 Å². The average molecular weight is 258 g/mol. The maximum atomic E-state index is 12.7. The monoisotopic (exact) mass is 258 g/mol. The summed E-state index contributed by atoms with van der Waals surface area (Å²) in [5, 5.41) is 0. The van der Waals surface area contributed by atoms with Crippen LogP contribution in [-0.4, -0.2) is 12.4 Å². The molecule has 0 radical (unpaired) electrons. The van der Waals surface area contributed by atoms with Gasteiger partial charge in [-0.3, -0.25) is 4.79 Å². The van der Waals surface area contributed by atoms with E-state index in [1.54, 1.807) is 12.1 Å². The molecular formula is C16H15FO2. The molecule has 0 heterocycles. The van der Waals surface area contributed by atoms with Gasteiger partial charge in [-0.1, -0.05) is 30.3 Å². The average Bonchev–Trinajstić information content (AvgIpc) is 2.43. The summed E-state index contributed by atoms with van der Waals surface area (Å²) in [5.74, 6) is 0.559. The van der Waals surface area contributed by atoms with Gasteiger partial charge in [0.1, 0.15) is 17.3 Å². The highest BCUT2D eigenvalue weighted by Crippen LogP contribution is 2.09. The number of ether oxygens (including phenoxy) is 1. The van der Waals surface area contributed by atoms with Crippen LogP contribution in [0.25, 0.3) is 0 Å². The van der Waals surface area contributed by atoms with Gasteiger partial charge in [-0.2, -0.15) is 0 Å². The zero-order valence-electron chi connectivity index (χ0n) is 10.5. The molecule has 2 aromatic rings. The predicted molar refractivity (Wildman–Crippen MR) is 71.7 cm³/mol. The largest absolute Gasteiger partial charge is 0.493 e. The Morgan fingerprint density at radius 2 is 1.68 bits per heavy atom. The number of para-hydroxylation sites is 1. The van der Waals surface area contributed by atoms with Crippen LogP contribution in [-0.2, 0) is 11.2 Å². The van der Waals surface area contributed by atoms with E-state index in [0.717, 1.165) is 11.3 Å². The smallest absolute Gasteiger partial charge is 0.140 e. The van der Waals surface area contributed by atoms with Gasteiger partial charge in [-0.05, 0) is 29.8 Å². The topological polar surface area (TPSA) is 26.3 Å². The second-order valence-corrected chi connectivity index (χ2v) is 4.25. The quantitative estimate of drug-likeness (QED) is 0.793. The van der Waals surface area contributed by atoms with E-state index in [0.29, 0.717) is 19.4 Å². The van der Waals surface area contributed by atoms with Gasteiger partial charge < -0.3 is 4.74 Å². The fraction of sp³-hybridized carbons (Fsp3) is 0.188. The fourth-order valence-corrected chi connectivity index (χ4v) is 1.72. The minimum atomic E-state index is -0.288. The number of hydrogen-bond donors (Lipinski definition) is 0. The molecule has 0 aliphatic rings. The van der Waals surface area contributed by atoms with Crippen LogP contribution in [0.5, 0.6) is 5.75 Å². The lowest BCUT2D eigenvalue weighted by Gasteiger charge is -2.05. The van der Waals surface area contributed by atoms with Crippen LogP contribution in [0.2, 0.25) is 0 Å². The van der Waals surface area contributed by atoms with Crippen LogP contribution in [0, 0.1) is 5.82 Å². The summed E-state index contributed by atoms with van der Waals surface area (Å²) in [4.78, 5) is 11.7. The first-order valence-corrected chi connectivity index (χ1v) is 6.18. The van der Waals surface area contributed by atoms with Gasteiger partial charge in [0, 0.05) is 12.8 Å². The third kappa shape index (κ3) is 4.54. The highest BCUT2D eigenvalue weighted by molar-refractivity contribution is 5.80. The van der Waals surface area contributed by atoms with E-state index in [-0.39, 0.29) is 11.6 Å².